The molecule has 1 fully saturated rings. The summed E-state index contributed by atoms with van der Waals surface area (Å²) in [4.78, 5) is 0. The Labute approximate surface area is 113 Å². The molecule has 1 aromatic rings. The molecule has 2 rings (SSSR count). The molecule has 0 amide bonds. The summed E-state index contributed by atoms with van der Waals surface area (Å²) in [5.74, 6) is 0. The van der Waals surface area contributed by atoms with Gasteiger partial charge in [-0.15, -0.1) is 0 Å². The third-order valence-electron chi connectivity index (χ3n) is 3.85. The Morgan fingerprint density at radius 2 is 2.00 bits per heavy atom. The second-order valence-corrected chi connectivity index (χ2v) is 6.45. The number of hydrogen-bond acceptors (Lipinski definition) is 1. The van der Waals surface area contributed by atoms with Crippen LogP contribution in [0.1, 0.15) is 45.1 Å². The lowest BCUT2D eigenvalue weighted by Crippen LogP contribution is -2.39. The summed E-state index contributed by atoms with van der Waals surface area (Å²) in [5, 5.41) is 3.63. The first-order valence-electron chi connectivity index (χ1n) is 6.62. The molecule has 0 aliphatic heterocycles. The number of benzene rings is 1. The lowest BCUT2D eigenvalue weighted by atomic mass is 9.78. The van der Waals surface area contributed by atoms with Crippen LogP contribution < -0.4 is 5.32 Å². The Balaban J connectivity index is 2.21. The van der Waals surface area contributed by atoms with Crippen molar-refractivity contribution in [1.82, 2.24) is 5.32 Å². The average Bonchev–Trinajstić information content (AvgIpc) is 2.76. The van der Waals surface area contributed by atoms with Crippen LogP contribution in [-0.2, 0) is 5.41 Å². The Morgan fingerprint density at radius 1 is 1.29 bits per heavy atom. The van der Waals surface area contributed by atoms with E-state index in [0.717, 1.165) is 6.54 Å². The predicted octanol–water partition coefficient (Wildman–Crippen LogP) is 4.26. The van der Waals surface area contributed by atoms with E-state index >= 15 is 0 Å². The Morgan fingerprint density at radius 3 is 2.59 bits per heavy atom. The molecule has 0 saturated heterocycles. The fourth-order valence-electron chi connectivity index (χ4n) is 2.84. The highest BCUT2D eigenvalue weighted by molar-refractivity contribution is 9.10. The molecule has 0 aromatic heterocycles. The number of halogens is 1. The van der Waals surface area contributed by atoms with Crippen molar-refractivity contribution in [2.75, 3.05) is 6.54 Å². The van der Waals surface area contributed by atoms with Crippen LogP contribution in [0.3, 0.4) is 0 Å². The molecule has 1 N–H and O–H groups in total. The number of nitrogens with one attached hydrogen (secondary N) is 1. The van der Waals surface area contributed by atoms with Crippen molar-refractivity contribution in [3.05, 3.63) is 34.3 Å². The molecule has 0 bridgehead atoms. The Kier molecular flexibility index (Phi) is 4.26. The summed E-state index contributed by atoms with van der Waals surface area (Å²) < 4.78 is 1.20. The van der Waals surface area contributed by atoms with E-state index in [1.54, 1.807) is 0 Å². The van der Waals surface area contributed by atoms with E-state index in [-0.39, 0.29) is 0 Å². The SMILES string of the molecule is CC(C)NCC1(c2cccc(Br)c2)CCCC1. The summed E-state index contributed by atoms with van der Waals surface area (Å²) in [5.41, 5.74) is 1.87. The van der Waals surface area contributed by atoms with E-state index in [4.69, 9.17) is 0 Å². The Bertz CT molecular complexity index is 367. The summed E-state index contributed by atoms with van der Waals surface area (Å²) in [6, 6.07) is 9.43. The van der Waals surface area contributed by atoms with E-state index in [1.807, 2.05) is 0 Å². The van der Waals surface area contributed by atoms with Crippen molar-refractivity contribution in [3.8, 4) is 0 Å². The van der Waals surface area contributed by atoms with Crippen molar-refractivity contribution in [2.24, 2.45) is 0 Å². The van der Waals surface area contributed by atoms with Gasteiger partial charge in [0.15, 0.2) is 0 Å². The second kappa shape index (κ2) is 5.53. The first-order chi connectivity index (χ1) is 8.12. The van der Waals surface area contributed by atoms with Gasteiger partial charge in [0.2, 0.25) is 0 Å². The van der Waals surface area contributed by atoms with Gasteiger partial charge in [0.1, 0.15) is 0 Å². The minimum atomic E-state index is 0.369. The summed E-state index contributed by atoms with van der Waals surface area (Å²) in [6.07, 6.45) is 5.38. The quantitative estimate of drug-likeness (QED) is 0.875. The van der Waals surface area contributed by atoms with Crippen LogP contribution in [0.25, 0.3) is 0 Å². The lowest BCUT2D eigenvalue weighted by molar-refractivity contribution is 0.387. The van der Waals surface area contributed by atoms with E-state index in [1.165, 1.54) is 35.7 Å². The maximum Gasteiger partial charge on any atom is 0.0178 e. The minimum Gasteiger partial charge on any atom is -0.314 e. The third kappa shape index (κ3) is 3.11. The molecule has 1 aliphatic rings. The van der Waals surface area contributed by atoms with Gasteiger partial charge in [0.25, 0.3) is 0 Å². The van der Waals surface area contributed by atoms with Gasteiger partial charge in [-0.25, -0.2) is 0 Å². The van der Waals surface area contributed by atoms with Gasteiger partial charge < -0.3 is 5.32 Å². The van der Waals surface area contributed by atoms with Crippen LogP contribution in [-0.4, -0.2) is 12.6 Å². The van der Waals surface area contributed by atoms with Gasteiger partial charge in [-0.3, -0.25) is 0 Å². The van der Waals surface area contributed by atoms with E-state index < -0.39 is 0 Å². The number of rotatable bonds is 4. The maximum atomic E-state index is 3.63. The van der Waals surface area contributed by atoms with Crippen LogP contribution in [0, 0.1) is 0 Å². The molecule has 17 heavy (non-hydrogen) atoms. The topological polar surface area (TPSA) is 12.0 Å². The van der Waals surface area contributed by atoms with E-state index in [9.17, 15) is 0 Å². The van der Waals surface area contributed by atoms with Crippen molar-refractivity contribution < 1.29 is 0 Å². The fraction of sp³-hybridized carbons (Fsp3) is 0.600. The zero-order valence-corrected chi connectivity index (χ0v) is 12.4. The van der Waals surface area contributed by atoms with Gasteiger partial charge >= 0.3 is 0 Å². The Hall–Kier alpha value is -0.340. The molecule has 1 saturated carbocycles. The molecule has 0 heterocycles. The van der Waals surface area contributed by atoms with Crippen molar-refractivity contribution >= 4 is 15.9 Å². The normalized spacial score (nSPS) is 18.8. The first kappa shape index (κ1) is 13.1. The predicted molar refractivity (Wildman–Crippen MR) is 77.4 cm³/mol. The van der Waals surface area contributed by atoms with Crippen LogP contribution >= 0.6 is 15.9 Å². The van der Waals surface area contributed by atoms with Gasteiger partial charge in [0.05, 0.1) is 0 Å². The smallest absolute Gasteiger partial charge is 0.0178 e. The zero-order valence-electron chi connectivity index (χ0n) is 10.8. The molecule has 0 atom stereocenters. The van der Waals surface area contributed by atoms with Crippen LogP contribution in [0.15, 0.2) is 28.7 Å². The first-order valence-corrected chi connectivity index (χ1v) is 7.41. The largest absolute Gasteiger partial charge is 0.314 e. The highest BCUT2D eigenvalue weighted by atomic mass is 79.9. The molecular formula is C15H22BrN. The molecule has 0 unspecified atom stereocenters. The highest BCUT2D eigenvalue weighted by Gasteiger charge is 2.35. The zero-order chi connectivity index (χ0) is 12.3. The molecule has 1 nitrogen and oxygen atoms in total. The van der Waals surface area contributed by atoms with Gasteiger partial charge in [-0.05, 0) is 30.5 Å². The molecule has 1 aliphatic carbocycles. The molecular weight excluding hydrogens is 274 g/mol. The average molecular weight is 296 g/mol. The minimum absolute atomic E-state index is 0.369. The molecule has 94 valence electrons. The maximum absolute atomic E-state index is 3.63. The van der Waals surface area contributed by atoms with E-state index in [2.05, 4.69) is 59.4 Å². The monoisotopic (exact) mass is 295 g/mol. The van der Waals surface area contributed by atoms with Crippen molar-refractivity contribution in [1.29, 1.82) is 0 Å². The van der Waals surface area contributed by atoms with Crippen LogP contribution in [0.2, 0.25) is 0 Å². The van der Waals surface area contributed by atoms with Crippen molar-refractivity contribution in [2.45, 2.75) is 51.0 Å². The van der Waals surface area contributed by atoms with Gasteiger partial charge in [0, 0.05) is 22.5 Å². The summed E-state index contributed by atoms with van der Waals surface area (Å²) >= 11 is 3.59. The third-order valence-corrected chi connectivity index (χ3v) is 4.34. The number of hydrogen-bond donors (Lipinski definition) is 1. The van der Waals surface area contributed by atoms with Crippen LogP contribution in [0.5, 0.6) is 0 Å². The van der Waals surface area contributed by atoms with Crippen molar-refractivity contribution in [3.63, 3.8) is 0 Å². The van der Waals surface area contributed by atoms with E-state index in [0.29, 0.717) is 11.5 Å². The second-order valence-electron chi connectivity index (χ2n) is 5.53. The van der Waals surface area contributed by atoms with Gasteiger partial charge in [-0.2, -0.15) is 0 Å². The standard InChI is InChI=1S/C15H22BrN/c1-12(2)17-11-15(8-3-4-9-15)13-6-5-7-14(16)10-13/h5-7,10,12,17H,3-4,8-9,11H2,1-2H3. The molecule has 0 radical (unpaired) electrons. The lowest BCUT2D eigenvalue weighted by Gasteiger charge is -2.31. The highest BCUT2D eigenvalue weighted by Crippen LogP contribution is 2.41. The van der Waals surface area contributed by atoms with Gasteiger partial charge in [-0.1, -0.05) is 54.8 Å². The molecule has 1 aromatic carbocycles. The summed E-state index contributed by atoms with van der Waals surface area (Å²) in [6.45, 7) is 5.56. The molecule has 2 heteroatoms. The van der Waals surface area contributed by atoms with Crippen LogP contribution in [0.4, 0.5) is 0 Å². The summed E-state index contributed by atoms with van der Waals surface area (Å²) in [7, 11) is 0. The fourth-order valence-corrected chi connectivity index (χ4v) is 3.24. The molecule has 0 spiro atoms.